The Bertz CT molecular complexity index is 888. The van der Waals surface area contributed by atoms with E-state index in [0.717, 1.165) is 31.4 Å². The third kappa shape index (κ3) is 3.43. The second-order valence-electron chi connectivity index (χ2n) is 7.49. The number of carbonyl (C=O) groups excluding carboxylic acids is 2. The number of halogens is 1. The number of amides is 1. The summed E-state index contributed by atoms with van der Waals surface area (Å²) in [6.45, 7) is 2.89. The fourth-order valence-electron chi connectivity index (χ4n) is 4.40. The minimum absolute atomic E-state index is 0.187. The summed E-state index contributed by atoms with van der Waals surface area (Å²) in [6, 6.07) is 5.55. The zero-order valence-corrected chi connectivity index (χ0v) is 16.1. The Morgan fingerprint density at radius 3 is 2.64 bits per heavy atom. The fourth-order valence-corrected chi connectivity index (χ4v) is 4.40. The highest BCUT2D eigenvalue weighted by Gasteiger charge is 2.35. The Morgan fingerprint density at radius 2 is 1.89 bits per heavy atom. The van der Waals surface area contributed by atoms with Crippen LogP contribution in [0.3, 0.4) is 0 Å². The van der Waals surface area contributed by atoms with Gasteiger partial charge in [0.1, 0.15) is 11.7 Å². The predicted molar refractivity (Wildman–Crippen MR) is 103 cm³/mol. The molecule has 2 heterocycles. The maximum Gasteiger partial charge on any atom is 0.316 e. The number of ether oxygens (including phenoxy) is 1. The average molecular weight is 384 g/mol. The van der Waals surface area contributed by atoms with Crippen LogP contribution in [0, 0.1) is 5.82 Å². The molecule has 5 nitrogen and oxygen atoms in total. The number of aromatic nitrogens is 1. The molecule has 1 amide bonds. The van der Waals surface area contributed by atoms with Crippen LogP contribution in [-0.2, 0) is 28.8 Å². The number of nitrogens with one attached hydrogen (secondary N) is 1. The van der Waals surface area contributed by atoms with E-state index in [1.165, 1.54) is 41.1 Å². The molecule has 1 atom stereocenters. The number of benzene rings is 1. The first-order chi connectivity index (χ1) is 13.6. The van der Waals surface area contributed by atoms with Crippen LogP contribution in [-0.4, -0.2) is 41.5 Å². The Kier molecular flexibility index (Phi) is 5.20. The summed E-state index contributed by atoms with van der Waals surface area (Å²) >= 11 is 0. The number of H-pyrrole nitrogens is 1. The van der Waals surface area contributed by atoms with Crippen molar-refractivity contribution in [2.45, 2.75) is 44.9 Å². The Labute approximate surface area is 163 Å². The molecule has 0 saturated carbocycles. The number of nitrogens with zero attached hydrogens (tertiary/aromatic N) is 1. The van der Waals surface area contributed by atoms with E-state index in [0.29, 0.717) is 25.1 Å². The van der Waals surface area contributed by atoms with Crippen LogP contribution in [0.2, 0.25) is 0 Å². The predicted octanol–water partition coefficient (Wildman–Crippen LogP) is 3.38. The molecule has 0 fully saturated rings. The molecular weight excluding hydrogens is 359 g/mol. The number of hydrogen-bond acceptors (Lipinski definition) is 3. The SMILES string of the molecule is CCOC(=O)C1CN(C(=O)c2ccc(F)cc2)CCc2c1[nH]c1c2CCCC1. The highest BCUT2D eigenvalue weighted by atomic mass is 19.1. The number of esters is 1. The number of aromatic amines is 1. The minimum atomic E-state index is -0.521. The second-order valence-corrected chi connectivity index (χ2v) is 7.49. The van der Waals surface area contributed by atoms with Gasteiger partial charge >= 0.3 is 5.97 Å². The van der Waals surface area contributed by atoms with Gasteiger partial charge in [-0.2, -0.15) is 0 Å². The van der Waals surface area contributed by atoms with Gasteiger partial charge in [0.2, 0.25) is 0 Å². The molecule has 4 rings (SSSR count). The third-order valence-corrected chi connectivity index (χ3v) is 5.78. The summed E-state index contributed by atoms with van der Waals surface area (Å²) in [7, 11) is 0. The van der Waals surface area contributed by atoms with Crippen molar-refractivity contribution >= 4 is 11.9 Å². The lowest BCUT2D eigenvalue weighted by Crippen LogP contribution is -2.37. The van der Waals surface area contributed by atoms with Crippen molar-refractivity contribution in [3.8, 4) is 0 Å². The second kappa shape index (κ2) is 7.78. The quantitative estimate of drug-likeness (QED) is 0.826. The maximum absolute atomic E-state index is 13.2. The minimum Gasteiger partial charge on any atom is -0.465 e. The van der Waals surface area contributed by atoms with Gasteiger partial charge in [-0.15, -0.1) is 0 Å². The first-order valence-electron chi connectivity index (χ1n) is 10.0. The van der Waals surface area contributed by atoms with Crippen molar-refractivity contribution < 1.29 is 18.7 Å². The fraction of sp³-hybridized carbons (Fsp3) is 0.455. The van der Waals surface area contributed by atoms with Crippen molar-refractivity contribution in [1.82, 2.24) is 9.88 Å². The molecule has 2 aliphatic rings. The molecule has 6 heteroatoms. The normalized spacial score (nSPS) is 18.8. The van der Waals surface area contributed by atoms with Gasteiger partial charge in [-0.3, -0.25) is 9.59 Å². The Morgan fingerprint density at radius 1 is 1.14 bits per heavy atom. The zero-order valence-electron chi connectivity index (χ0n) is 16.1. The highest BCUT2D eigenvalue weighted by molar-refractivity contribution is 5.94. The molecule has 28 heavy (non-hydrogen) atoms. The number of rotatable bonds is 3. The summed E-state index contributed by atoms with van der Waals surface area (Å²) < 4.78 is 18.5. The van der Waals surface area contributed by atoms with Gasteiger partial charge in [0, 0.05) is 30.0 Å². The molecular formula is C22H25FN2O3. The lowest BCUT2D eigenvalue weighted by molar-refractivity contribution is -0.145. The molecule has 0 spiro atoms. The zero-order chi connectivity index (χ0) is 19.7. The van der Waals surface area contributed by atoms with E-state index >= 15 is 0 Å². The van der Waals surface area contributed by atoms with Crippen LogP contribution in [0.1, 0.15) is 58.6 Å². The van der Waals surface area contributed by atoms with Gasteiger partial charge in [0.25, 0.3) is 5.91 Å². The summed E-state index contributed by atoms with van der Waals surface area (Å²) in [5.41, 5.74) is 5.09. The van der Waals surface area contributed by atoms with Crippen LogP contribution >= 0.6 is 0 Å². The van der Waals surface area contributed by atoms with E-state index in [1.54, 1.807) is 11.8 Å². The Balaban J connectivity index is 1.67. The number of fused-ring (bicyclic) bond motifs is 3. The van der Waals surface area contributed by atoms with E-state index in [4.69, 9.17) is 4.74 Å². The first kappa shape index (κ1) is 18.7. The van der Waals surface area contributed by atoms with Gasteiger partial charge in [-0.05, 0) is 74.4 Å². The van der Waals surface area contributed by atoms with Gasteiger partial charge in [0.05, 0.1) is 6.61 Å². The average Bonchev–Trinajstić information content (AvgIpc) is 2.96. The molecule has 2 aromatic rings. The van der Waals surface area contributed by atoms with E-state index in [2.05, 4.69) is 4.98 Å². The monoisotopic (exact) mass is 384 g/mol. The van der Waals surface area contributed by atoms with Gasteiger partial charge < -0.3 is 14.6 Å². The van der Waals surface area contributed by atoms with Crippen LogP contribution < -0.4 is 0 Å². The van der Waals surface area contributed by atoms with Crippen molar-refractivity contribution in [2.24, 2.45) is 0 Å². The summed E-state index contributed by atoms with van der Waals surface area (Å²) in [4.78, 5) is 30.9. The number of hydrogen-bond donors (Lipinski definition) is 1. The van der Waals surface area contributed by atoms with Gasteiger partial charge in [-0.25, -0.2) is 4.39 Å². The van der Waals surface area contributed by atoms with Crippen molar-refractivity contribution in [3.63, 3.8) is 0 Å². The number of carbonyl (C=O) groups is 2. The van der Waals surface area contributed by atoms with E-state index in [9.17, 15) is 14.0 Å². The van der Waals surface area contributed by atoms with Crippen LogP contribution in [0.15, 0.2) is 24.3 Å². The molecule has 148 valence electrons. The summed E-state index contributed by atoms with van der Waals surface area (Å²) in [6.07, 6.45) is 5.05. The third-order valence-electron chi connectivity index (χ3n) is 5.78. The Hall–Kier alpha value is -2.63. The van der Waals surface area contributed by atoms with Crippen molar-refractivity contribution in [1.29, 1.82) is 0 Å². The van der Waals surface area contributed by atoms with E-state index in [-0.39, 0.29) is 24.2 Å². The van der Waals surface area contributed by atoms with E-state index < -0.39 is 5.92 Å². The highest BCUT2D eigenvalue weighted by Crippen LogP contribution is 2.34. The molecule has 1 aliphatic heterocycles. The van der Waals surface area contributed by atoms with Crippen LogP contribution in [0.5, 0.6) is 0 Å². The lowest BCUT2D eigenvalue weighted by Gasteiger charge is -2.24. The van der Waals surface area contributed by atoms with Crippen molar-refractivity contribution in [3.05, 3.63) is 58.2 Å². The largest absolute Gasteiger partial charge is 0.465 e. The lowest BCUT2D eigenvalue weighted by atomic mass is 9.92. The molecule has 0 bridgehead atoms. The standard InChI is InChI=1S/C22H25FN2O3/c1-2-28-22(27)18-13-25(21(26)14-7-9-15(23)10-8-14)12-11-17-16-5-3-4-6-19(16)24-20(17)18/h7-10,18,24H,2-6,11-13H2,1H3. The van der Waals surface area contributed by atoms with E-state index in [1.807, 2.05) is 0 Å². The number of aryl methyl sites for hydroxylation is 1. The smallest absolute Gasteiger partial charge is 0.316 e. The first-order valence-corrected chi connectivity index (χ1v) is 10.0. The molecule has 1 aliphatic carbocycles. The molecule has 1 unspecified atom stereocenters. The molecule has 1 aromatic carbocycles. The van der Waals surface area contributed by atoms with Crippen molar-refractivity contribution in [2.75, 3.05) is 19.7 Å². The molecule has 1 aromatic heterocycles. The van der Waals surface area contributed by atoms with Crippen LogP contribution in [0.25, 0.3) is 0 Å². The summed E-state index contributed by atoms with van der Waals surface area (Å²) in [5.74, 6) is -1.39. The summed E-state index contributed by atoms with van der Waals surface area (Å²) in [5, 5.41) is 0. The van der Waals surface area contributed by atoms with Gasteiger partial charge in [-0.1, -0.05) is 0 Å². The maximum atomic E-state index is 13.2. The van der Waals surface area contributed by atoms with Gasteiger partial charge in [0.15, 0.2) is 0 Å². The molecule has 0 radical (unpaired) electrons. The van der Waals surface area contributed by atoms with Crippen LogP contribution in [0.4, 0.5) is 4.39 Å². The molecule has 1 N–H and O–H groups in total. The topological polar surface area (TPSA) is 62.4 Å². The molecule has 0 saturated heterocycles.